The quantitative estimate of drug-likeness (QED) is 0.0475. The van der Waals surface area contributed by atoms with E-state index in [1.807, 2.05) is 121 Å². The predicted molar refractivity (Wildman–Crippen MR) is 211 cm³/mol. The third kappa shape index (κ3) is 13.0. The normalized spacial score (nSPS) is 10.9. The molecule has 0 heterocycles. The Labute approximate surface area is 321 Å². The van der Waals surface area contributed by atoms with Gasteiger partial charge in [0.2, 0.25) is 0 Å². The van der Waals surface area contributed by atoms with E-state index in [0.717, 1.165) is 22.3 Å². The Morgan fingerprint density at radius 2 is 0.855 bits per heavy atom. The molecular weight excluding hydrogens is 697 g/mol. The van der Waals surface area contributed by atoms with E-state index in [-0.39, 0.29) is 50.7 Å². The van der Waals surface area contributed by atoms with Crippen LogP contribution in [0.1, 0.15) is 48.9 Å². The number of carbonyl (C=O) groups is 4. The van der Waals surface area contributed by atoms with Crippen molar-refractivity contribution >= 4 is 35.0 Å². The second-order valence-electron chi connectivity index (χ2n) is 13.3. The van der Waals surface area contributed by atoms with Crippen LogP contribution in [-0.4, -0.2) is 50.3 Å². The molecule has 0 saturated carbocycles. The molecule has 0 aliphatic rings. The maximum absolute atomic E-state index is 13.0. The highest BCUT2D eigenvalue weighted by Gasteiger charge is 2.25. The van der Waals surface area contributed by atoms with E-state index in [2.05, 4.69) is 6.58 Å². The van der Waals surface area contributed by atoms with Crippen LogP contribution in [0, 0.1) is 5.41 Å². The van der Waals surface area contributed by atoms with Gasteiger partial charge in [0.25, 0.3) is 0 Å². The Bertz CT molecular complexity index is 1940. The average molecular weight is 743 g/mol. The third-order valence-corrected chi connectivity index (χ3v) is 8.03. The molecule has 10 nitrogen and oxygen atoms in total. The van der Waals surface area contributed by atoms with Gasteiger partial charge in [0.1, 0.15) is 31.2 Å². The Morgan fingerprint density at radius 1 is 0.527 bits per heavy atom. The first-order valence-corrected chi connectivity index (χ1v) is 17.6. The van der Waals surface area contributed by atoms with Crippen molar-refractivity contribution in [1.82, 2.24) is 0 Å². The standard InChI is InChI=1S/C45H46N2O8/c1-32(29-53-43(50)41(46)39(33-18-8-4-9-19-33)34-20-10-5-11-21-34)28-52-37(48)26-16-17-27-38(49)54-30-45(2,3)31-55-44(51)42(47)40(35-22-12-6-13-23-35)36-24-14-7-15-25-36/h4-25H,1,26-31,46-47H2,2-3H3/b17-16-. The lowest BCUT2D eigenvalue weighted by molar-refractivity contribution is -0.150. The van der Waals surface area contributed by atoms with Crippen LogP contribution in [0.3, 0.4) is 0 Å². The fourth-order valence-corrected chi connectivity index (χ4v) is 5.18. The molecule has 4 N–H and O–H groups in total. The van der Waals surface area contributed by atoms with E-state index < -0.39 is 29.3 Å². The van der Waals surface area contributed by atoms with Crippen LogP contribution in [0.25, 0.3) is 11.1 Å². The number of rotatable bonds is 18. The topological polar surface area (TPSA) is 157 Å². The maximum Gasteiger partial charge on any atom is 0.355 e. The van der Waals surface area contributed by atoms with Crippen molar-refractivity contribution in [2.45, 2.75) is 26.7 Å². The second kappa shape index (κ2) is 20.5. The highest BCUT2D eigenvalue weighted by atomic mass is 16.6. The van der Waals surface area contributed by atoms with Crippen LogP contribution in [0.15, 0.2) is 157 Å². The zero-order valence-electron chi connectivity index (χ0n) is 31.1. The van der Waals surface area contributed by atoms with Gasteiger partial charge in [-0.3, -0.25) is 9.59 Å². The van der Waals surface area contributed by atoms with Gasteiger partial charge in [0.05, 0.1) is 19.4 Å². The first-order valence-electron chi connectivity index (χ1n) is 17.6. The molecule has 0 radical (unpaired) electrons. The lowest BCUT2D eigenvalue weighted by Gasteiger charge is -2.24. The molecule has 4 aromatic carbocycles. The predicted octanol–water partition coefficient (Wildman–Crippen LogP) is 6.91. The van der Waals surface area contributed by atoms with Gasteiger partial charge in [0, 0.05) is 16.6 Å². The van der Waals surface area contributed by atoms with Gasteiger partial charge in [-0.05, 0) is 27.8 Å². The molecule has 0 fully saturated rings. The maximum atomic E-state index is 13.0. The minimum Gasteiger partial charge on any atom is -0.465 e. The highest BCUT2D eigenvalue weighted by molar-refractivity contribution is 6.01. The molecule has 0 aromatic heterocycles. The summed E-state index contributed by atoms with van der Waals surface area (Å²) >= 11 is 0. The van der Waals surface area contributed by atoms with Crippen molar-refractivity contribution in [3.05, 3.63) is 179 Å². The summed E-state index contributed by atoms with van der Waals surface area (Å²) in [6, 6.07) is 37.2. The molecule has 4 rings (SSSR count). The largest absolute Gasteiger partial charge is 0.465 e. The number of nitrogens with two attached hydrogens (primary N) is 2. The number of hydrogen-bond donors (Lipinski definition) is 2. The van der Waals surface area contributed by atoms with E-state index in [0.29, 0.717) is 16.7 Å². The van der Waals surface area contributed by atoms with Crippen molar-refractivity contribution in [1.29, 1.82) is 0 Å². The molecule has 0 spiro atoms. The van der Waals surface area contributed by atoms with Crippen molar-refractivity contribution < 1.29 is 38.1 Å². The first kappa shape index (κ1) is 41.1. The molecule has 0 unspecified atom stereocenters. The molecule has 0 aliphatic carbocycles. The smallest absolute Gasteiger partial charge is 0.355 e. The first-order chi connectivity index (χ1) is 26.4. The lowest BCUT2D eigenvalue weighted by Crippen LogP contribution is -2.30. The van der Waals surface area contributed by atoms with Crippen LogP contribution < -0.4 is 11.5 Å². The lowest BCUT2D eigenvalue weighted by atomic mass is 9.95. The molecule has 284 valence electrons. The Hall–Kier alpha value is -6.68. The summed E-state index contributed by atoms with van der Waals surface area (Å²) in [6.45, 7) is 6.97. The van der Waals surface area contributed by atoms with E-state index >= 15 is 0 Å². The summed E-state index contributed by atoms with van der Waals surface area (Å²) in [5.41, 5.74) is 16.3. The van der Waals surface area contributed by atoms with Crippen LogP contribution in [-0.2, 0) is 38.1 Å². The molecule has 0 aliphatic heterocycles. The summed E-state index contributed by atoms with van der Waals surface area (Å²) in [7, 11) is 0. The monoisotopic (exact) mass is 742 g/mol. The third-order valence-electron chi connectivity index (χ3n) is 8.03. The molecule has 55 heavy (non-hydrogen) atoms. The number of carbonyl (C=O) groups excluding carboxylic acids is 4. The van der Waals surface area contributed by atoms with E-state index in [4.69, 9.17) is 30.4 Å². The minimum atomic E-state index is -0.729. The molecule has 0 atom stereocenters. The summed E-state index contributed by atoms with van der Waals surface area (Å²) in [6.07, 6.45) is 2.81. The molecule has 0 saturated heterocycles. The molecule has 0 amide bonds. The van der Waals surface area contributed by atoms with Crippen LogP contribution >= 0.6 is 0 Å². The highest BCUT2D eigenvalue weighted by Crippen LogP contribution is 2.27. The number of hydrogen-bond acceptors (Lipinski definition) is 10. The fourth-order valence-electron chi connectivity index (χ4n) is 5.18. The van der Waals surface area contributed by atoms with Crippen molar-refractivity contribution in [2.24, 2.45) is 16.9 Å². The molecule has 0 bridgehead atoms. The van der Waals surface area contributed by atoms with E-state index in [1.54, 1.807) is 13.8 Å². The summed E-state index contributed by atoms with van der Waals surface area (Å²) < 4.78 is 21.5. The van der Waals surface area contributed by atoms with Crippen LogP contribution in [0.5, 0.6) is 0 Å². The zero-order chi connectivity index (χ0) is 39.6. The van der Waals surface area contributed by atoms with E-state index in [9.17, 15) is 19.2 Å². The average Bonchev–Trinajstić information content (AvgIpc) is 3.21. The Morgan fingerprint density at radius 3 is 1.25 bits per heavy atom. The number of ether oxygens (including phenoxy) is 4. The molecule has 4 aromatic rings. The summed E-state index contributed by atoms with van der Waals surface area (Å²) in [4.78, 5) is 50.6. The van der Waals surface area contributed by atoms with E-state index in [1.165, 1.54) is 12.2 Å². The van der Waals surface area contributed by atoms with Crippen LogP contribution in [0.2, 0.25) is 0 Å². The number of benzene rings is 4. The van der Waals surface area contributed by atoms with Crippen LogP contribution in [0.4, 0.5) is 0 Å². The number of esters is 4. The zero-order valence-corrected chi connectivity index (χ0v) is 31.1. The Kier molecular flexibility index (Phi) is 15.3. The van der Waals surface area contributed by atoms with Gasteiger partial charge in [-0.25, -0.2) is 9.59 Å². The second-order valence-corrected chi connectivity index (χ2v) is 13.3. The van der Waals surface area contributed by atoms with Crippen molar-refractivity contribution in [3.8, 4) is 0 Å². The van der Waals surface area contributed by atoms with Gasteiger partial charge >= 0.3 is 23.9 Å². The SMILES string of the molecule is C=C(COC(=O)C/C=C\CC(=O)OCC(C)(C)COC(=O)C(N)=C(c1ccccc1)c1ccccc1)COC(=O)C(N)=C(c1ccccc1)c1ccccc1. The van der Waals surface area contributed by atoms with Crippen molar-refractivity contribution in [2.75, 3.05) is 26.4 Å². The van der Waals surface area contributed by atoms with Gasteiger partial charge in [-0.15, -0.1) is 0 Å². The fraction of sp³-hybridized carbons (Fsp3) is 0.200. The summed E-state index contributed by atoms with van der Waals surface area (Å²) in [5.74, 6) is -2.50. The van der Waals surface area contributed by atoms with Gasteiger partial charge in [-0.2, -0.15) is 0 Å². The minimum absolute atomic E-state index is 0.0171. The van der Waals surface area contributed by atoms with Gasteiger partial charge in [0.15, 0.2) is 0 Å². The molecule has 10 heteroatoms. The van der Waals surface area contributed by atoms with Gasteiger partial charge < -0.3 is 30.4 Å². The molecular formula is C45H46N2O8. The Balaban J connectivity index is 1.17. The summed E-state index contributed by atoms with van der Waals surface area (Å²) in [5, 5.41) is 0. The van der Waals surface area contributed by atoms with Crippen molar-refractivity contribution in [3.63, 3.8) is 0 Å². The van der Waals surface area contributed by atoms with Gasteiger partial charge in [-0.1, -0.05) is 154 Å².